The van der Waals surface area contributed by atoms with Crippen molar-refractivity contribution in [2.24, 2.45) is 5.92 Å². The quantitative estimate of drug-likeness (QED) is 0.901. The molecule has 1 amide bonds. The van der Waals surface area contributed by atoms with Crippen LogP contribution in [0.1, 0.15) is 31.7 Å². The maximum absolute atomic E-state index is 12.8. The zero-order valence-electron chi connectivity index (χ0n) is 13.4. The molecule has 0 spiro atoms. The molecule has 120 valence electrons. The van der Waals surface area contributed by atoms with Crippen LogP contribution < -0.4 is 14.8 Å². The fourth-order valence-electron chi connectivity index (χ4n) is 2.83. The van der Waals surface area contributed by atoms with E-state index in [1.54, 1.807) is 6.07 Å². The lowest BCUT2D eigenvalue weighted by Crippen LogP contribution is -2.26. The monoisotopic (exact) mass is 311 g/mol. The Kier molecular flexibility index (Phi) is 4.51. The fourth-order valence-corrected chi connectivity index (χ4v) is 2.83. The number of rotatable bonds is 5. The third-order valence-electron chi connectivity index (χ3n) is 4.29. The zero-order valence-corrected chi connectivity index (χ0v) is 13.4. The highest BCUT2D eigenvalue weighted by Gasteiger charge is 2.26. The lowest BCUT2D eigenvalue weighted by molar-refractivity contribution is -0.118. The summed E-state index contributed by atoms with van der Waals surface area (Å²) < 4.78 is 10.7. The number of nitrogens with one attached hydrogen (secondary N) is 1. The van der Waals surface area contributed by atoms with E-state index in [0.717, 1.165) is 17.7 Å². The molecule has 0 aromatic heterocycles. The molecule has 4 heteroatoms. The van der Waals surface area contributed by atoms with Crippen molar-refractivity contribution in [1.82, 2.24) is 0 Å². The molecule has 1 heterocycles. The second-order valence-corrected chi connectivity index (χ2v) is 5.83. The number of benzene rings is 2. The van der Waals surface area contributed by atoms with E-state index >= 15 is 0 Å². The molecular formula is C19H21NO3. The second kappa shape index (κ2) is 6.73. The summed E-state index contributed by atoms with van der Waals surface area (Å²) in [6.07, 6.45) is 0.939. The van der Waals surface area contributed by atoms with Crippen molar-refractivity contribution in [3.05, 3.63) is 54.1 Å². The summed E-state index contributed by atoms with van der Waals surface area (Å²) in [5, 5.41) is 3.01. The van der Waals surface area contributed by atoms with E-state index in [1.807, 2.05) is 42.5 Å². The molecule has 23 heavy (non-hydrogen) atoms. The number of ether oxygens (including phenoxy) is 2. The topological polar surface area (TPSA) is 47.6 Å². The summed E-state index contributed by atoms with van der Waals surface area (Å²) in [6.45, 7) is 4.44. The Morgan fingerprint density at radius 3 is 2.61 bits per heavy atom. The molecule has 2 aromatic carbocycles. The van der Waals surface area contributed by atoms with Gasteiger partial charge in [-0.1, -0.05) is 50.6 Å². The first-order valence-corrected chi connectivity index (χ1v) is 7.94. The van der Waals surface area contributed by atoms with Gasteiger partial charge in [0, 0.05) is 11.8 Å². The number of hydrogen-bond donors (Lipinski definition) is 1. The molecule has 1 aliphatic rings. The molecule has 0 saturated carbocycles. The van der Waals surface area contributed by atoms with Crippen molar-refractivity contribution in [2.75, 3.05) is 12.1 Å². The van der Waals surface area contributed by atoms with Crippen molar-refractivity contribution in [3.8, 4) is 11.5 Å². The van der Waals surface area contributed by atoms with Gasteiger partial charge in [0.1, 0.15) is 0 Å². The van der Waals surface area contributed by atoms with Crippen molar-refractivity contribution in [1.29, 1.82) is 0 Å². The van der Waals surface area contributed by atoms with Gasteiger partial charge in [-0.2, -0.15) is 0 Å². The highest BCUT2D eigenvalue weighted by Crippen LogP contribution is 2.35. The Labute approximate surface area is 136 Å². The van der Waals surface area contributed by atoms with Gasteiger partial charge in [-0.3, -0.25) is 4.79 Å². The maximum atomic E-state index is 12.8. The molecule has 0 saturated heterocycles. The summed E-state index contributed by atoms with van der Waals surface area (Å²) >= 11 is 0. The predicted octanol–water partition coefficient (Wildman–Crippen LogP) is 4.18. The molecule has 0 bridgehead atoms. The van der Waals surface area contributed by atoms with E-state index < -0.39 is 0 Å². The first-order valence-electron chi connectivity index (χ1n) is 7.94. The third kappa shape index (κ3) is 3.31. The van der Waals surface area contributed by atoms with Crippen molar-refractivity contribution >= 4 is 11.6 Å². The molecule has 4 nitrogen and oxygen atoms in total. The Bertz CT molecular complexity index is 684. The average molecular weight is 311 g/mol. The molecule has 0 unspecified atom stereocenters. The minimum Gasteiger partial charge on any atom is -0.454 e. The summed E-state index contributed by atoms with van der Waals surface area (Å²) in [4.78, 5) is 12.8. The molecule has 1 aliphatic heterocycles. The Hall–Kier alpha value is -2.49. The summed E-state index contributed by atoms with van der Waals surface area (Å²) in [5.74, 6) is 1.47. The predicted molar refractivity (Wildman–Crippen MR) is 89.8 cm³/mol. The molecule has 1 N–H and O–H groups in total. The van der Waals surface area contributed by atoms with Crippen LogP contribution in [0.25, 0.3) is 0 Å². The molecule has 2 atom stereocenters. The van der Waals surface area contributed by atoms with Gasteiger partial charge in [0.05, 0.1) is 5.92 Å². The van der Waals surface area contributed by atoms with Gasteiger partial charge in [-0.05, 0) is 23.6 Å². The highest BCUT2D eigenvalue weighted by molar-refractivity contribution is 5.96. The molecule has 3 rings (SSSR count). The Morgan fingerprint density at radius 2 is 1.87 bits per heavy atom. The van der Waals surface area contributed by atoms with Crippen LogP contribution in [0.15, 0.2) is 48.5 Å². The van der Waals surface area contributed by atoms with Crippen LogP contribution in [0.2, 0.25) is 0 Å². The van der Waals surface area contributed by atoms with Crippen molar-refractivity contribution in [2.45, 2.75) is 26.2 Å². The number of carbonyl (C=O) groups is 1. The van der Waals surface area contributed by atoms with E-state index in [1.165, 1.54) is 0 Å². The summed E-state index contributed by atoms with van der Waals surface area (Å²) in [7, 11) is 0. The largest absolute Gasteiger partial charge is 0.454 e. The van der Waals surface area contributed by atoms with Gasteiger partial charge < -0.3 is 14.8 Å². The first-order chi connectivity index (χ1) is 11.2. The zero-order chi connectivity index (χ0) is 16.2. The van der Waals surface area contributed by atoms with Crippen LogP contribution in [0.4, 0.5) is 5.69 Å². The molecule has 0 aliphatic carbocycles. The number of anilines is 1. The molecule has 2 aromatic rings. The van der Waals surface area contributed by atoms with Gasteiger partial charge in [-0.25, -0.2) is 0 Å². The van der Waals surface area contributed by atoms with Gasteiger partial charge >= 0.3 is 0 Å². The van der Waals surface area contributed by atoms with Crippen LogP contribution >= 0.6 is 0 Å². The van der Waals surface area contributed by atoms with Gasteiger partial charge in [0.2, 0.25) is 12.7 Å². The van der Waals surface area contributed by atoms with Gasteiger partial charge in [0.25, 0.3) is 0 Å². The van der Waals surface area contributed by atoms with E-state index in [4.69, 9.17) is 9.47 Å². The van der Waals surface area contributed by atoms with E-state index in [0.29, 0.717) is 11.5 Å². The van der Waals surface area contributed by atoms with Crippen LogP contribution in [0.3, 0.4) is 0 Å². The summed E-state index contributed by atoms with van der Waals surface area (Å²) in [5.41, 5.74) is 1.77. The lowest BCUT2D eigenvalue weighted by atomic mass is 9.85. The number of hydrogen-bond acceptors (Lipinski definition) is 3. The van der Waals surface area contributed by atoms with E-state index in [9.17, 15) is 4.79 Å². The number of fused-ring (bicyclic) bond motifs is 1. The second-order valence-electron chi connectivity index (χ2n) is 5.83. The molecule has 0 fully saturated rings. The smallest absolute Gasteiger partial charge is 0.232 e. The van der Waals surface area contributed by atoms with Crippen LogP contribution in [0, 0.1) is 5.92 Å². The van der Waals surface area contributed by atoms with Crippen molar-refractivity contribution in [3.63, 3.8) is 0 Å². The SMILES string of the molecule is CC[C@H](C)[C@@H](C(=O)Nc1ccc2c(c1)OCO2)c1ccccc1. The standard InChI is InChI=1S/C19H21NO3/c1-3-13(2)18(14-7-5-4-6-8-14)19(21)20-15-9-10-16-17(11-15)23-12-22-16/h4-11,13,18H,3,12H2,1-2H3,(H,20,21)/t13-,18+/m0/s1. The number of amides is 1. The van der Waals surface area contributed by atoms with Crippen molar-refractivity contribution < 1.29 is 14.3 Å². The summed E-state index contributed by atoms with van der Waals surface area (Å²) in [6, 6.07) is 15.4. The van der Waals surface area contributed by atoms with Crippen LogP contribution in [-0.2, 0) is 4.79 Å². The average Bonchev–Trinajstić information content (AvgIpc) is 3.03. The highest BCUT2D eigenvalue weighted by atomic mass is 16.7. The van der Waals surface area contributed by atoms with Gasteiger partial charge in [0.15, 0.2) is 11.5 Å². The van der Waals surface area contributed by atoms with E-state index in [2.05, 4.69) is 19.2 Å². The number of carbonyl (C=O) groups excluding carboxylic acids is 1. The van der Waals surface area contributed by atoms with E-state index in [-0.39, 0.29) is 24.5 Å². The fraction of sp³-hybridized carbons (Fsp3) is 0.316. The van der Waals surface area contributed by atoms with Crippen LogP contribution in [0.5, 0.6) is 11.5 Å². The van der Waals surface area contributed by atoms with Gasteiger partial charge in [-0.15, -0.1) is 0 Å². The molecular weight excluding hydrogens is 290 g/mol. The Morgan fingerprint density at radius 1 is 1.13 bits per heavy atom. The Balaban J connectivity index is 1.81. The normalized spacial score (nSPS) is 15.0. The van der Waals surface area contributed by atoms with Crippen LogP contribution in [-0.4, -0.2) is 12.7 Å². The maximum Gasteiger partial charge on any atom is 0.232 e. The molecule has 0 radical (unpaired) electrons. The first kappa shape index (κ1) is 15.4. The lowest BCUT2D eigenvalue weighted by Gasteiger charge is -2.23. The minimum absolute atomic E-state index is 0.00409. The third-order valence-corrected chi connectivity index (χ3v) is 4.29. The minimum atomic E-state index is -0.174.